The fourth-order valence-corrected chi connectivity index (χ4v) is 2.47. The Kier molecular flexibility index (Phi) is 5.82. The molecule has 0 radical (unpaired) electrons. The van der Waals surface area contributed by atoms with Crippen LogP contribution in [-0.4, -0.2) is 7.11 Å². The molecule has 2 rings (SSSR count). The van der Waals surface area contributed by atoms with Crippen molar-refractivity contribution in [2.45, 2.75) is 39.3 Å². The zero-order valence-electron chi connectivity index (χ0n) is 13.2. The molecule has 0 amide bonds. The number of methoxy groups -OCH3 is 1. The minimum Gasteiger partial charge on any atom is -0.497 e. The van der Waals surface area contributed by atoms with Gasteiger partial charge in [0.25, 0.3) is 0 Å². The summed E-state index contributed by atoms with van der Waals surface area (Å²) in [6, 6.07) is 17.6. The van der Waals surface area contributed by atoms with Gasteiger partial charge in [-0.2, -0.15) is 0 Å². The first-order chi connectivity index (χ1) is 10.3. The van der Waals surface area contributed by atoms with Crippen LogP contribution < -0.4 is 10.1 Å². The van der Waals surface area contributed by atoms with E-state index in [1.807, 2.05) is 12.1 Å². The fraction of sp³-hybridized carbons (Fsp3) is 0.368. The van der Waals surface area contributed by atoms with Crippen LogP contribution in [0.1, 0.15) is 43.0 Å². The van der Waals surface area contributed by atoms with Gasteiger partial charge in [-0.1, -0.05) is 50.2 Å². The van der Waals surface area contributed by atoms with Gasteiger partial charge in [-0.15, -0.1) is 0 Å². The summed E-state index contributed by atoms with van der Waals surface area (Å²) >= 11 is 0. The van der Waals surface area contributed by atoms with E-state index in [1.165, 1.54) is 16.7 Å². The van der Waals surface area contributed by atoms with Crippen LogP contribution in [0.2, 0.25) is 0 Å². The highest BCUT2D eigenvalue weighted by Gasteiger charge is 2.08. The van der Waals surface area contributed by atoms with Crippen molar-refractivity contribution in [3.8, 4) is 5.75 Å². The third-order valence-corrected chi connectivity index (χ3v) is 3.91. The molecular weight excluding hydrogens is 258 g/mol. The largest absolute Gasteiger partial charge is 0.497 e. The molecule has 2 heteroatoms. The summed E-state index contributed by atoms with van der Waals surface area (Å²) in [5, 5.41) is 3.64. The standard InChI is InChI=1S/C19H25NO/c1-4-15-6-8-16(9-7-15)14-20-19(5-2)17-10-12-18(21-3)13-11-17/h6-13,19-20H,4-5,14H2,1-3H3. The molecule has 0 fully saturated rings. The Hall–Kier alpha value is -1.80. The van der Waals surface area contributed by atoms with Crippen molar-refractivity contribution in [1.82, 2.24) is 5.32 Å². The molecule has 1 N–H and O–H groups in total. The highest BCUT2D eigenvalue weighted by molar-refractivity contribution is 5.29. The number of nitrogens with one attached hydrogen (secondary N) is 1. The van der Waals surface area contributed by atoms with Crippen LogP contribution in [-0.2, 0) is 13.0 Å². The highest BCUT2D eigenvalue weighted by Crippen LogP contribution is 2.20. The summed E-state index contributed by atoms with van der Waals surface area (Å²) in [6.07, 6.45) is 2.16. The summed E-state index contributed by atoms with van der Waals surface area (Å²) in [5.41, 5.74) is 4.03. The highest BCUT2D eigenvalue weighted by atomic mass is 16.5. The Balaban J connectivity index is 1.97. The maximum absolute atomic E-state index is 5.21. The Labute approximate surface area is 128 Å². The van der Waals surface area contributed by atoms with Gasteiger partial charge in [-0.05, 0) is 41.7 Å². The van der Waals surface area contributed by atoms with E-state index in [0.29, 0.717) is 6.04 Å². The minimum atomic E-state index is 0.377. The average molecular weight is 283 g/mol. The van der Waals surface area contributed by atoms with Crippen LogP contribution in [0.3, 0.4) is 0 Å². The van der Waals surface area contributed by atoms with Gasteiger partial charge in [-0.25, -0.2) is 0 Å². The van der Waals surface area contributed by atoms with E-state index in [2.05, 4.69) is 55.6 Å². The second-order valence-electron chi connectivity index (χ2n) is 5.28. The van der Waals surface area contributed by atoms with E-state index in [4.69, 9.17) is 4.74 Å². The Morgan fingerprint density at radius 1 is 0.905 bits per heavy atom. The molecule has 0 aliphatic rings. The molecule has 2 nitrogen and oxygen atoms in total. The van der Waals surface area contributed by atoms with E-state index in [-0.39, 0.29) is 0 Å². The van der Waals surface area contributed by atoms with Gasteiger partial charge in [0.05, 0.1) is 7.11 Å². The number of benzene rings is 2. The maximum atomic E-state index is 5.21. The first-order valence-electron chi connectivity index (χ1n) is 7.72. The molecule has 0 aliphatic heterocycles. The van der Waals surface area contributed by atoms with Crippen molar-refractivity contribution >= 4 is 0 Å². The van der Waals surface area contributed by atoms with Gasteiger partial charge in [-0.3, -0.25) is 0 Å². The van der Waals surface area contributed by atoms with Crippen molar-refractivity contribution in [2.75, 3.05) is 7.11 Å². The number of rotatable bonds is 7. The monoisotopic (exact) mass is 283 g/mol. The maximum Gasteiger partial charge on any atom is 0.118 e. The third kappa shape index (κ3) is 4.33. The second kappa shape index (κ2) is 7.84. The van der Waals surface area contributed by atoms with Gasteiger partial charge < -0.3 is 10.1 Å². The van der Waals surface area contributed by atoms with E-state index in [1.54, 1.807) is 7.11 Å². The molecular formula is C19H25NO. The number of ether oxygens (including phenoxy) is 1. The molecule has 21 heavy (non-hydrogen) atoms. The van der Waals surface area contributed by atoms with Crippen LogP contribution in [0.15, 0.2) is 48.5 Å². The zero-order valence-corrected chi connectivity index (χ0v) is 13.2. The number of hydrogen-bond acceptors (Lipinski definition) is 2. The average Bonchev–Trinajstić information content (AvgIpc) is 2.56. The lowest BCUT2D eigenvalue weighted by Gasteiger charge is -2.18. The molecule has 112 valence electrons. The predicted molar refractivity (Wildman–Crippen MR) is 88.7 cm³/mol. The number of hydrogen-bond donors (Lipinski definition) is 1. The molecule has 0 bridgehead atoms. The number of aryl methyl sites for hydroxylation is 1. The van der Waals surface area contributed by atoms with Crippen LogP contribution in [0.4, 0.5) is 0 Å². The summed E-state index contributed by atoms with van der Waals surface area (Å²) in [6.45, 7) is 5.29. The summed E-state index contributed by atoms with van der Waals surface area (Å²) in [7, 11) is 1.70. The van der Waals surface area contributed by atoms with Gasteiger partial charge >= 0.3 is 0 Å². The van der Waals surface area contributed by atoms with Crippen molar-refractivity contribution in [1.29, 1.82) is 0 Å². The molecule has 2 aromatic carbocycles. The first-order valence-corrected chi connectivity index (χ1v) is 7.72. The van der Waals surface area contributed by atoms with Crippen molar-refractivity contribution in [2.24, 2.45) is 0 Å². The van der Waals surface area contributed by atoms with Crippen LogP contribution in [0, 0.1) is 0 Å². The predicted octanol–water partition coefficient (Wildman–Crippen LogP) is 4.50. The molecule has 0 heterocycles. The summed E-state index contributed by atoms with van der Waals surface area (Å²) in [5.74, 6) is 0.906. The molecule has 0 saturated carbocycles. The van der Waals surface area contributed by atoms with E-state index in [0.717, 1.165) is 25.1 Å². The van der Waals surface area contributed by atoms with Gasteiger partial charge in [0.2, 0.25) is 0 Å². The lowest BCUT2D eigenvalue weighted by Crippen LogP contribution is -2.20. The van der Waals surface area contributed by atoms with Crippen LogP contribution in [0.25, 0.3) is 0 Å². The van der Waals surface area contributed by atoms with Gasteiger partial charge in [0.15, 0.2) is 0 Å². The smallest absolute Gasteiger partial charge is 0.118 e. The molecule has 2 aromatic rings. The minimum absolute atomic E-state index is 0.377. The molecule has 1 unspecified atom stereocenters. The molecule has 0 spiro atoms. The lowest BCUT2D eigenvalue weighted by atomic mass is 10.0. The Morgan fingerprint density at radius 3 is 2.05 bits per heavy atom. The lowest BCUT2D eigenvalue weighted by molar-refractivity contribution is 0.414. The summed E-state index contributed by atoms with van der Waals surface area (Å²) in [4.78, 5) is 0. The van der Waals surface area contributed by atoms with E-state index < -0.39 is 0 Å². The third-order valence-electron chi connectivity index (χ3n) is 3.91. The Morgan fingerprint density at radius 2 is 1.52 bits per heavy atom. The molecule has 0 aromatic heterocycles. The van der Waals surface area contributed by atoms with Crippen molar-refractivity contribution in [3.63, 3.8) is 0 Å². The second-order valence-corrected chi connectivity index (χ2v) is 5.28. The zero-order chi connectivity index (χ0) is 15.1. The van der Waals surface area contributed by atoms with E-state index >= 15 is 0 Å². The first kappa shape index (κ1) is 15.6. The molecule has 0 aliphatic carbocycles. The topological polar surface area (TPSA) is 21.3 Å². The quantitative estimate of drug-likeness (QED) is 0.808. The Bertz CT molecular complexity index is 530. The van der Waals surface area contributed by atoms with E-state index in [9.17, 15) is 0 Å². The molecule has 1 atom stereocenters. The van der Waals surface area contributed by atoms with Gasteiger partial charge in [0, 0.05) is 12.6 Å². The van der Waals surface area contributed by atoms with Crippen LogP contribution >= 0.6 is 0 Å². The van der Waals surface area contributed by atoms with Crippen molar-refractivity contribution < 1.29 is 4.74 Å². The van der Waals surface area contributed by atoms with Crippen LogP contribution in [0.5, 0.6) is 5.75 Å². The fourth-order valence-electron chi connectivity index (χ4n) is 2.47. The molecule has 0 saturated heterocycles. The SMILES string of the molecule is CCc1ccc(CNC(CC)c2ccc(OC)cc2)cc1. The van der Waals surface area contributed by atoms with Crippen molar-refractivity contribution in [3.05, 3.63) is 65.2 Å². The summed E-state index contributed by atoms with van der Waals surface area (Å²) < 4.78 is 5.21. The normalized spacial score (nSPS) is 12.1. The van der Waals surface area contributed by atoms with Gasteiger partial charge in [0.1, 0.15) is 5.75 Å².